The van der Waals surface area contributed by atoms with E-state index in [4.69, 9.17) is 9.47 Å². The van der Waals surface area contributed by atoms with Gasteiger partial charge in [-0.05, 0) is 36.3 Å². The van der Waals surface area contributed by atoms with Crippen LogP contribution < -0.4 is 9.47 Å². The smallest absolute Gasteiger partial charge is 0.231 e. The van der Waals surface area contributed by atoms with Gasteiger partial charge in [0.2, 0.25) is 5.78 Å². The third-order valence-electron chi connectivity index (χ3n) is 3.46. The van der Waals surface area contributed by atoms with E-state index < -0.39 is 0 Å². The second-order valence-corrected chi connectivity index (χ2v) is 5.64. The molecule has 3 heteroatoms. The third-order valence-corrected chi connectivity index (χ3v) is 3.46. The Morgan fingerprint density at radius 1 is 1.21 bits per heavy atom. The van der Waals surface area contributed by atoms with E-state index in [1.807, 2.05) is 49.4 Å². The monoisotopic (exact) mass is 318 g/mol. The summed E-state index contributed by atoms with van der Waals surface area (Å²) in [7, 11) is 0. The number of ketones is 1. The van der Waals surface area contributed by atoms with Crippen molar-refractivity contribution in [3.05, 3.63) is 89.7 Å². The normalized spacial score (nSPS) is 14.7. The first-order chi connectivity index (χ1) is 11.6. The van der Waals surface area contributed by atoms with Gasteiger partial charge in [0.1, 0.15) is 18.1 Å². The molecule has 1 aliphatic heterocycles. The summed E-state index contributed by atoms with van der Waals surface area (Å²) in [6.07, 6.45) is 5.42. The molecule has 0 N–H and O–H groups in total. The molecule has 0 atom stereocenters. The van der Waals surface area contributed by atoms with E-state index >= 15 is 0 Å². The van der Waals surface area contributed by atoms with E-state index in [0.717, 1.165) is 11.1 Å². The van der Waals surface area contributed by atoms with Gasteiger partial charge in [0.25, 0.3) is 0 Å². The lowest BCUT2D eigenvalue weighted by Gasteiger charge is -2.06. The van der Waals surface area contributed by atoms with E-state index in [2.05, 4.69) is 6.58 Å². The maximum Gasteiger partial charge on any atom is 0.231 e. The molecule has 2 aromatic carbocycles. The fourth-order valence-corrected chi connectivity index (χ4v) is 2.29. The van der Waals surface area contributed by atoms with Crippen LogP contribution in [0.15, 0.2) is 78.6 Å². The van der Waals surface area contributed by atoms with Crippen LogP contribution in [0, 0.1) is 0 Å². The summed E-state index contributed by atoms with van der Waals surface area (Å²) in [4.78, 5) is 12.3. The first-order valence-corrected chi connectivity index (χ1v) is 7.71. The number of fused-ring (bicyclic) bond motifs is 1. The molecule has 1 aliphatic rings. The molecule has 2 aromatic rings. The van der Waals surface area contributed by atoms with Crippen molar-refractivity contribution in [3.8, 4) is 11.5 Å². The molecule has 0 saturated heterocycles. The van der Waals surface area contributed by atoms with Crippen molar-refractivity contribution in [1.29, 1.82) is 0 Å². The van der Waals surface area contributed by atoms with Crippen LogP contribution in [0.1, 0.15) is 22.8 Å². The van der Waals surface area contributed by atoms with Crippen molar-refractivity contribution in [2.24, 2.45) is 0 Å². The number of rotatable bonds is 5. The number of carbonyl (C=O) groups excluding carboxylic acids is 1. The molecule has 0 aromatic heterocycles. The summed E-state index contributed by atoms with van der Waals surface area (Å²) in [5.41, 5.74) is 2.55. The van der Waals surface area contributed by atoms with Crippen molar-refractivity contribution >= 4 is 11.9 Å². The third kappa shape index (κ3) is 3.63. The minimum Gasteiger partial charge on any atom is -0.489 e. The highest BCUT2D eigenvalue weighted by molar-refractivity contribution is 6.12. The zero-order valence-electron chi connectivity index (χ0n) is 13.5. The van der Waals surface area contributed by atoms with Crippen molar-refractivity contribution in [2.45, 2.75) is 6.92 Å². The largest absolute Gasteiger partial charge is 0.489 e. The minimum absolute atomic E-state index is 0.117. The summed E-state index contributed by atoms with van der Waals surface area (Å²) in [6, 6.07) is 15.1. The van der Waals surface area contributed by atoms with E-state index in [-0.39, 0.29) is 5.78 Å². The van der Waals surface area contributed by atoms with Gasteiger partial charge in [-0.2, -0.15) is 0 Å². The highest BCUT2D eigenvalue weighted by Crippen LogP contribution is 2.34. The molecule has 3 rings (SSSR count). The van der Waals surface area contributed by atoms with E-state index in [0.29, 0.717) is 29.4 Å². The van der Waals surface area contributed by atoms with E-state index in [1.165, 1.54) is 0 Å². The van der Waals surface area contributed by atoms with Crippen LogP contribution in [0.2, 0.25) is 0 Å². The Balaban J connectivity index is 1.74. The molecule has 0 fully saturated rings. The lowest BCUT2D eigenvalue weighted by molar-refractivity contribution is 0.101. The van der Waals surface area contributed by atoms with Gasteiger partial charge in [0, 0.05) is 6.07 Å². The molecule has 24 heavy (non-hydrogen) atoms. The summed E-state index contributed by atoms with van der Waals surface area (Å²) in [5.74, 6) is 1.38. The Bertz CT molecular complexity index is 829. The number of Topliss-reactive ketones (excluding diaryl/α,β-unsaturated/α-hetero) is 1. The molecule has 0 saturated carbocycles. The highest BCUT2D eigenvalue weighted by Gasteiger charge is 2.27. The van der Waals surface area contributed by atoms with Gasteiger partial charge in [-0.25, -0.2) is 0 Å². The fourth-order valence-electron chi connectivity index (χ4n) is 2.29. The Hall–Kier alpha value is -3.07. The fraction of sp³-hybridized carbons (Fsp3) is 0.0952. The average molecular weight is 318 g/mol. The Labute approximate surface area is 141 Å². The Kier molecular flexibility index (Phi) is 4.62. The first-order valence-electron chi connectivity index (χ1n) is 7.71. The number of carbonyl (C=O) groups is 1. The molecular formula is C21H18O3. The maximum absolute atomic E-state index is 12.3. The molecule has 0 spiro atoms. The number of allylic oxidation sites excluding steroid dienone is 3. The summed E-state index contributed by atoms with van der Waals surface area (Å²) in [5, 5.41) is 0. The molecule has 0 aliphatic carbocycles. The van der Waals surface area contributed by atoms with Crippen LogP contribution in [-0.2, 0) is 0 Å². The van der Waals surface area contributed by atoms with Gasteiger partial charge >= 0.3 is 0 Å². The van der Waals surface area contributed by atoms with Crippen LogP contribution in [0.5, 0.6) is 11.5 Å². The van der Waals surface area contributed by atoms with E-state index in [9.17, 15) is 4.79 Å². The zero-order chi connectivity index (χ0) is 16.9. The van der Waals surface area contributed by atoms with Crippen LogP contribution in [0.25, 0.3) is 6.08 Å². The quantitative estimate of drug-likeness (QED) is 0.586. The maximum atomic E-state index is 12.3. The minimum atomic E-state index is -0.117. The lowest BCUT2D eigenvalue weighted by atomic mass is 10.1. The predicted molar refractivity (Wildman–Crippen MR) is 95.3 cm³/mol. The topological polar surface area (TPSA) is 35.5 Å². The number of benzene rings is 2. The van der Waals surface area contributed by atoms with Gasteiger partial charge in [-0.15, -0.1) is 0 Å². The van der Waals surface area contributed by atoms with Crippen LogP contribution in [0.4, 0.5) is 0 Å². The van der Waals surface area contributed by atoms with Gasteiger partial charge < -0.3 is 9.47 Å². The molecule has 3 nitrogen and oxygen atoms in total. The van der Waals surface area contributed by atoms with Gasteiger partial charge in [0.05, 0.1) is 5.56 Å². The molecule has 120 valence electrons. The van der Waals surface area contributed by atoms with E-state index in [1.54, 1.807) is 24.3 Å². The van der Waals surface area contributed by atoms with Crippen LogP contribution in [-0.4, -0.2) is 12.4 Å². The summed E-state index contributed by atoms with van der Waals surface area (Å²) in [6.45, 7) is 6.13. The number of hydrogen-bond acceptors (Lipinski definition) is 3. The van der Waals surface area contributed by atoms with Gasteiger partial charge in [0.15, 0.2) is 5.76 Å². The molecule has 0 radical (unpaired) electrons. The SMILES string of the molecule is C=C(C)COc1ccc2c(c1)O/C(=C\C=C\c1ccccc1)C2=O. The number of hydrogen-bond donors (Lipinski definition) is 0. The molecule has 0 unspecified atom stereocenters. The molecular weight excluding hydrogens is 300 g/mol. The van der Waals surface area contributed by atoms with Gasteiger partial charge in [-0.3, -0.25) is 4.79 Å². The van der Waals surface area contributed by atoms with Crippen molar-refractivity contribution < 1.29 is 14.3 Å². The number of ether oxygens (including phenoxy) is 2. The molecule has 1 heterocycles. The Morgan fingerprint density at radius 2 is 2.00 bits per heavy atom. The second kappa shape index (κ2) is 7.01. The zero-order valence-corrected chi connectivity index (χ0v) is 13.5. The lowest BCUT2D eigenvalue weighted by Crippen LogP contribution is -1.98. The molecule has 0 amide bonds. The first kappa shape index (κ1) is 15.8. The summed E-state index contributed by atoms with van der Waals surface area (Å²) < 4.78 is 11.2. The van der Waals surface area contributed by atoms with Crippen LogP contribution >= 0.6 is 0 Å². The average Bonchev–Trinajstić information content (AvgIpc) is 2.90. The van der Waals surface area contributed by atoms with Gasteiger partial charge in [-0.1, -0.05) is 49.1 Å². The van der Waals surface area contributed by atoms with Crippen LogP contribution in [0.3, 0.4) is 0 Å². The second-order valence-electron chi connectivity index (χ2n) is 5.64. The molecule has 0 bridgehead atoms. The Morgan fingerprint density at radius 3 is 2.75 bits per heavy atom. The van der Waals surface area contributed by atoms with Crippen molar-refractivity contribution in [2.75, 3.05) is 6.61 Å². The van der Waals surface area contributed by atoms with Crippen molar-refractivity contribution in [1.82, 2.24) is 0 Å². The predicted octanol–water partition coefficient (Wildman–Crippen LogP) is 4.81. The van der Waals surface area contributed by atoms with Crippen molar-refractivity contribution in [3.63, 3.8) is 0 Å². The summed E-state index contributed by atoms with van der Waals surface area (Å²) >= 11 is 0. The standard InChI is InChI=1S/C21H18O3/c1-15(2)14-23-17-11-12-18-20(13-17)24-19(21(18)22)10-6-9-16-7-4-3-5-8-16/h3-13H,1,14H2,2H3/b9-6+,19-10-. The highest BCUT2D eigenvalue weighted by atomic mass is 16.5.